The zero-order chi connectivity index (χ0) is 46.7. The molecule has 6 unspecified atom stereocenters. The van der Waals surface area contributed by atoms with E-state index in [1.54, 1.807) is 0 Å². The Hall–Kier alpha value is -3.35. The molecular formula is C53H88O11. The van der Waals surface area contributed by atoms with Crippen LogP contribution in [0.25, 0.3) is 0 Å². The molecule has 1 aliphatic heterocycles. The number of carbonyl (C=O) groups excluding carboxylic acids is 2. The lowest BCUT2D eigenvalue weighted by atomic mass is 9.99. The Bertz CT molecular complexity index is 1340. The lowest BCUT2D eigenvalue weighted by molar-refractivity contribution is -0.298. The Kier molecular flexibility index (Phi) is 38.8. The number of carbonyl (C=O) groups is 3. The second-order valence-electron chi connectivity index (χ2n) is 16.9. The number of rotatable bonds is 41. The van der Waals surface area contributed by atoms with Gasteiger partial charge in [0.15, 0.2) is 18.5 Å². The number of allylic oxidation sites excluding steroid dienone is 12. The summed E-state index contributed by atoms with van der Waals surface area (Å²) in [7, 11) is 0. The molecule has 366 valence electrons. The van der Waals surface area contributed by atoms with E-state index in [-0.39, 0.29) is 19.4 Å². The molecule has 0 saturated carbocycles. The van der Waals surface area contributed by atoms with Gasteiger partial charge >= 0.3 is 17.9 Å². The van der Waals surface area contributed by atoms with Gasteiger partial charge in [-0.1, -0.05) is 170 Å². The Morgan fingerprint density at radius 3 is 1.39 bits per heavy atom. The number of aliphatic carboxylic acids is 1. The monoisotopic (exact) mass is 901 g/mol. The first kappa shape index (κ1) is 58.7. The smallest absolute Gasteiger partial charge is 0.335 e. The molecule has 1 fully saturated rings. The lowest BCUT2D eigenvalue weighted by Gasteiger charge is -2.38. The Labute approximate surface area is 387 Å². The SMILES string of the molecule is CC/C=C\C/C=C\C/C=C\C/C=C\CCCCCCCCCCC(=O)OCC(COC1OC(C(=O)O)C(O)C(O)C1O)OC(=O)CCCCCCCCC/C=C\C/C=C\CCCCC. The standard InChI is InChI=1S/C53H88O11/c1-3-5-7-9-11-13-15-17-19-21-22-23-24-26-27-29-31-33-35-37-39-41-46(54)61-43-45(44-62-53-50(58)48(56)49(57)51(64-53)52(59)60)63-47(55)42-40-38-36-34-32-30-28-25-20-18-16-14-12-10-8-6-4-2/h5,7,11-14,17-20,22-23,45,48-51,53,56-58H,3-4,6,8-10,15-16,21,24-44H2,1-2H3,(H,59,60)/b7-5-,13-11-,14-12-,19-17-,20-18-,23-22-. The van der Waals surface area contributed by atoms with Crippen molar-refractivity contribution in [3.63, 3.8) is 0 Å². The number of hydrogen-bond acceptors (Lipinski definition) is 10. The van der Waals surface area contributed by atoms with E-state index >= 15 is 0 Å². The Morgan fingerprint density at radius 2 is 0.922 bits per heavy atom. The van der Waals surface area contributed by atoms with Crippen molar-refractivity contribution in [2.24, 2.45) is 0 Å². The lowest BCUT2D eigenvalue weighted by Crippen LogP contribution is -2.60. The van der Waals surface area contributed by atoms with Gasteiger partial charge in [0.2, 0.25) is 0 Å². The summed E-state index contributed by atoms with van der Waals surface area (Å²) in [6.45, 7) is 3.67. The van der Waals surface area contributed by atoms with Crippen LogP contribution in [0.3, 0.4) is 0 Å². The van der Waals surface area contributed by atoms with Crippen molar-refractivity contribution in [1.29, 1.82) is 0 Å². The molecule has 0 aromatic carbocycles. The second kappa shape index (κ2) is 42.3. The van der Waals surface area contributed by atoms with Crippen LogP contribution in [-0.2, 0) is 33.3 Å². The number of esters is 2. The van der Waals surface area contributed by atoms with Gasteiger partial charge in [0.05, 0.1) is 6.61 Å². The number of carboxylic acid groups (broad SMARTS) is 1. The number of ether oxygens (including phenoxy) is 4. The molecule has 0 aromatic heterocycles. The summed E-state index contributed by atoms with van der Waals surface area (Å²) in [6, 6.07) is 0. The topological polar surface area (TPSA) is 169 Å². The second-order valence-corrected chi connectivity index (χ2v) is 16.9. The molecule has 1 heterocycles. The van der Waals surface area contributed by atoms with E-state index in [9.17, 15) is 34.8 Å². The van der Waals surface area contributed by atoms with Gasteiger partial charge in [-0.05, 0) is 83.5 Å². The summed E-state index contributed by atoms with van der Waals surface area (Å²) in [5, 5.41) is 39.9. The van der Waals surface area contributed by atoms with Crippen LogP contribution in [0.1, 0.15) is 194 Å². The maximum absolute atomic E-state index is 12.8. The van der Waals surface area contributed by atoms with Crippen LogP contribution < -0.4 is 0 Å². The highest BCUT2D eigenvalue weighted by atomic mass is 16.7. The van der Waals surface area contributed by atoms with Crippen LogP contribution >= 0.6 is 0 Å². The molecule has 4 N–H and O–H groups in total. The highest BCUT2D eigenvalue weighted by Crippen LogP contribution is 2.23. The zero-order valence-electron chi connectivity index (χ0n) is 39.8. The summed E-state index contributed by atoms with van der Waals surface area (Å²) in [5.41, 5.74) is 0. The minimum atomic E-state index is -1.87. The van der Waals surface area contributed by atoms with Crippen molar-refractivity contribution < 1.29 is 53.8 Å². The van der Waals surface area contributed by atoms with Crippen LogP contribution in [0, 0.1) is 0 Å². The highest BCUT2D eigenvalue weighted by Gasteiger charge is 2.47. The van der Waals surface area contributed by atoms with Crippen molar-refractivity contribution in [3.05, 3.63) is 72.9 Å². The molecule has 1 aliphatic rings. The van der Waals surface area contributed by atoms with Gasteiger partial charge in [-0.15, -0.1) is 0 Å². The molecule has 6 atom stereocenters. The summed E-state index contributed by atoms with van der Waals surface area (Å²) in [4.78, 5) is 37.0. The van der Waals surface area contributed by atoms with E-state index in [1.165, 1.54) is 64.2 Å². The van der Waals surface area contributed by atoms with Crippen LogP contribution in [0.4, 0.5) is 0 Å². The van der Waals surface area contributed by atoms with E-state index in [2.05, 4.69) is 86.8 Å². The fourth-order valence-electron chi connectivity index (χ4n) is 7.14. The molecule has 0 amide bonds. The Balaban J connectivity index is 2.32. The van der Waals surface area contributed by atoms with Crippen LogP contribution in [0.2, 0.25) is 0 Å². The number of aliphatic hydroxyl groups excluding tert-OH is 3. The fourth-order valence-corrected chi connectivity index (χ4v) is 7.14. The molecule has 0 bridgehead atoms. The molecular weight excluding hydrogens is 813 g/mol. The minimum absolute atomic E-state index is 0.169. The first-order valence-corrected chi connectivity index (χ1v) is 25.0. The third-order valence-corrected chi connectivity index (χ3v) is 11.0. The van der Waals surface area contributed by atoms with E-state index in [0.29, 0.717) is 12.8 Å². The molecule has 0 spiro atoms. The highest BCUT2D eigenvalue weighted by molar-refractivity contribution is 5.73. The largest absolute Gasteiger partial charge is 0.479 e. The number of unbranched alkanes of at least 4 members (excludes halogenated alkanes) is 18. The molecule has 0 aromatic rings. The number of aliphatic hydroxyl groups is 3. The average Bonchev–Trinajstić information content (AvgIpc) is 3.28. The molecule has 0 aliphatic carbocycles. The van der Waals surface area contributed by atoms with E-state index in [0.717, 1.165) is 89.9 Å². The summed E-state index contributed by atoms with van der Waals surface area (Å²) >= 11 is 0. The molecule has 1 rings (SSSR count). The van der Waals surface area contributed by atoms with Gasteiger partial charge in [0.25, 0.3) is 0 Å². The van der Waals surface area contributed by atoms with Crippen LogP contribution in [-0.4, -0.2) is 88.4 Å². The van der Waals surface area contributed by atoms with Gasteiger partial charge in [-0.2, -0.15) is 0 Å². The van der Waals surface area contributed by atoms with E-state index in [4.69, 9.17) is 18.9 Å². The van der Waals surface area contributed by atoms with Crippen molar-refractivity contribution in [3.8, 4) is 0 Å². The summed E-state index contributed by atoms with van der Waals surface area (Å²) in [6.07, 6.45) is 45.1. The normalized spacial score (nSPS) is 19.9. The zero-order valence-corrected chi connectivity index (χ0v) is 39.8. The van der Waals surface area contributed by atoms with Crippen LogP contribution in [0.5, 0.6) is 0 Å². The third kappa shape index (κ3) is 33.2. The molecule has 64 heavy (non-hydrogen) atoms. The van der Waals surface area contributed by atoms with E-state index in [1.807, 2.05) is 0 Å². The van der Waals surface area contributed by atoms with Gasteiger partial charge in [-0.3, -0.25) is 9.59 Å². The van der Waals surface area contributed by atoms with Gasteiger partial charge in [0.1, 0.15) is 24.9 Å². The maximum atomic E-state index is 12.8. The maximum Gasteiger partial charge on any atom is 0.335 e. The number of hydrogen-bond donors (Lipinski definition) is 4. The van der Waals surface area contributed by atoms with Crippen molar-refractivity contribution in [2.75, 3.05) is 13.2 Å². The molecule has 11 heteroatoms. The summed E-state index contributed by atoms with van der Waals surface area (Å²) in [5.74, 6) is -2.47. The Morgan fingerprint density at radius 1 is 0.500 bits per heavy atom. The van der Waals surface area contributed by atoms with Crippen LogP contribution in [0.15, 0.2) is 72.9 Å². The summed E-state index contributed by atoms with van der Waals surface area (Å²) < 4.78 is 21.8. The van der Waals surface area contributed by atoms with Crippen molar-refractivity contribution in [2.45, 2.75) is 230 Å². The average molecular weight is 901 g/mol. The minimum Gasteiger partial charge on any atom is -0.479 e. The fraction of sp³-hybridized carbons (Fsp3) is 0.717. The predicted octanol–water partition coefficient (Wildman–Crippen LogP) is 11.6. The molecule has 1 saturated heterocycles. The van der Waals surface area contributed by atoms with Gasteiger partial charge < -0.3 is 39.4 Å². The van der Waals surface area contributed by atoms with E-state index < -0.39 is 61.3 Å². The quantitative estimate of drug-likeness (QED) is 0.0262. The molecule has 0 radical (unpaired) electrons. The first-order valence-electron chi connectivity index (χ1n) is 25.0. The van der Waals surface area contributed by atoms with Crippen molar-refractivity contribution in [1.82, 2.24) is 0 Å². The first-order chi connectivity index (χ1) is 31.2. The van der Waals surface area contributed by atoms with Gasteiger partial charge in [-0.25, -0.2) is 4.79 Å². The van der Waals surface area contributed by atoms with Gasteiger partial charge in [0, 0.05) is 12.8 Å². The number of carboxylic acids is 1. The predicted molar refractivity (Wildman–Crippen MR) is 257 cm³/mol. The third-order valence-electron chi connectivity index (χ3n) is 11.0. The molecule has 11 nitrogen and oxygen atoms in total. The van der Waals surface area contributed by atoms with Crippen molar-refractivity contribution >= 4 is 17.9 Å².